The van der Waals surface area contributed by atoms with E-state index in [0.717, 1.165) is 22.4 Å². The summed E-state index contributed by atoms with van der Waals surface area (Å²) in [6.07, 6.45) is 0. The second kappa shape index (κ2) is 8.22. The van der Waals surface area contributed by atoms with Crippen LogP contribution in [0.15, 0.2) is 101 Å². The molecule has 0 fully saturated rings. The average molecular weight is 381 g/mol. The number of hydrogen-bond acceptors (Lipinski definition) is 3. The molecule has 4 aromatic rings. The van der Waals surface area contributed by atoms with Crippen LogP contribution in [0.3, 0.4) is 0 Å². The maximum atomic E-state index is 12.0. The first-order valence-electron chi connectivity index (χ1n) is 9.11. The summed E-state index contributed by atoms with van der Waals surface area (Å²) in [5, 5.41) is 3.01. The van der Waals surface area contributed by atoms with Gasteiger partial charge in [0.1, 0.15) is 0 Å². The summed E-state index contributed by atoms with van der Waals surface area (Å²) in [5.41, 5.74) is 10.1. The van der Waals surface area contributed by atoms with Gasteiger partial charge in [-0.05, 0) is 23.3 Å². The standard InChI is InChI=1S/C23H19N5O/c24-22(25-19-13-11-17(12-14-19)16-7-3-1-4-8-16)28-23-26-20(15-21(29)27-23)18-9-5-2-6-10-18/h1-15H,(H4,24,25,26,27,28,29). The first-order valence-corrected chi connectivity index (χ1v) is 9.11. The second-order valence-electron chi connectivity index (χ2n) is 6.39. The average Bonchev–Trinajstić information content (AvgIpc) is 2.75. The van der Waals surface area contributed by atoms with Gasteiger partial charge >= 0.3 is 0 Å². The van der Waals surface area contributed by atoms with Gasteiger partial charge in [0.2, 0.25) is 11.9 Å². The van der Waals surface area contributed by atoms with E-state index in [1.165, 1.54) is 6.07 Å². The molecular weight excluding hydrogens is 362 g/mol. The maximum Gasteiger partial charge on any atom is 0.252 e. The Bertz CT molecular complexity index is 1180. The van der Waals surface area contributed by atoms with E-state index >= 15 is 0 Å². The molecule has 6 heteroatoms. The number of anilines is 1. The molecule has 4 rings (SSSR count). The van der Waals surface area contributed by atoms with E-state index in [2.05, 4.69) is 32.4 Å². The van der Waals surface area contributed by atoms with Crippen LogP contribution < -0.4 is 16.6 Å². The van der Waals surface area contributed by atoms with Crippen molar-refractivity contribution in [1.29, 1.82) is 0 Å². The monoisotopic (exact) mass is 381 g/mol. The highest BCUT2D eigenvalue weighted by atomic mass is 16.1. The highest BCUT2D eigenvalue weighted by Gasteiger charge is 2.04. The lowest BCUT2D eigenvalue weighted by Gasteiger charge is -2.07. The number of nitrogens with zero attached hydrogens (tertiary/aromatic N) is 2. The van der Waals surface area contributed by atoms with Crippen LogP contribution >= 0.6 is 0 Å². The normalized spacial score (nSPS) is 11.2. The van der Waals surface area contributed by atoms with E-state index in [0.29, 0.717) is 5.69 Å². The zero-order valence-electron chi connectivity index (χ0n) is 15.5. The molecule has 4 N–H and O–H groups in total. The van der Waals surface area contributed by atoms with Crippen molar-refractivity contribution < 1.29 is 0 Å². The summed E-state index contributed by atoms with van der Waals surface area (Å²) in [4.78, 5) is 23.1. The second-order valence-corrected chi connectivity index (χ2v) is 6.39. The van der Waals surface area contributed by atoms with Gasteiger partial charge in [-0.1, -0.05) is 72.8 Å². The van der Waals surface area contributed by atoms with Crippen molar-refractivity contribution >= 4 is 17.6 Å². The molecular formula is C23H19N5O. The number of rotatable bonds is 4. The summed E-state index contributed by atoms with van der Waals surface area (Å²) >= 11 is 0. The molecule has 1 heterocycles. The molecule has 142 valence electrons. The lowest BCUT2D eigenvalue weighted by Crippen LogP contribution is -2.22. The van der Waals surface area contributed by atoms with E-state index in [1.54, 1.807) is 0 Å². The van der Waals surface area contributed by atoms with Gasteiger partial charge in [-0.2, -0.15) is 4.99 Å². The molecule has 0 aliphatic carbocycles. The van der Waals surface area contributed by atoms with Crippen LogP contribution in [0.1, 0.15) is 0 Å². The topological polar surface area (TPSA) is 96.2 Å². The summed E-state index contributed by atoms with van der Waals surface area (Å²) in [5.74, 6) is 0.271. The third-order valence-electron chi connectivity index (χ3n) is 4.29. The van der Waals surface area contributed by atoms with E-state index < -0.39 is 0 Å². The van der Waals surface area contributed by atoms with Crippen LogP contribution in [0.4, 0.5) is 11.6 Å². The third kappa shape index (κ3) is 4.56. The molecule has 6 nitrogen and oxygen atoms in total. The smallest absolute Gasteiger partial charge is 0.252 e. The van der Waals surface area contributed by atoms with Crippen LogP contribution in [0, 0.1) is 0 Å². The van der Waals surface area contributed by atoms with Crippen molar-refractivity contribution in [1.82, 2.24) is 9.97 Å². The van der Waals surface area contributed by atoms with Crippen molar-refractivity contribution in [2.75, 3.05) is 5.32 Å². The predicted octanol–water partition coefficient (Wildman–Crippen LogP) is 4.16. The minimum Gasteiger partial charge on any atom is -0.369 e. The van der Waals surface area contributed by atoms with Gasteiger partial charge < -0.3 is 11.1 Å². The highest BCUT2D eigenvalue weighted by Crippen LogP contribution is 2.21. The number of nitrogens with one attached hydrogen (secondary N) is 2. The van der Waals surface area contributed by atoms with Crippen LogP contribution in [0.5, 0.6) is 0 Å². The van der Waals surface area contributed by atoms with Gasteiger partial charge in [-0.25, -0.2) is 4.98 Å². The third-order valence-corrected chi connectivity index (χ3v) is 4.29. The van der Waals surface area contributed by atoms with Crippen molar-refractivity contribution in [3.05, 3.63) is 101 Å². The number of aromatic amines is 1. The van der Waals surface area contributed by atoms with Crippen molar-refractivity contribution in [2.24, 2.45) is 10.7 Å². The van der Waals surface area contributed by atoms with Gasteiger partial charge in [-0.3, -0.25) is 9.78 Å². The van der Waals surface area contributed by atoms with E-state index in [4.69, 9.17) is 5.73 Å². The fraction of sp³-hybridized carbons (Fsp3) is 0. The largest absolute Gasteiger partial charge is 0.369 e. The molecule has 29 heavy (non-hydrogen) atoms. The first-order chi connectivity index (χ1) is 14.2. The molecule has 0 saturated heterocycles. The number of aliphatic imine (C=N–C) groups is 1. The Morgan fingerprint density at radius 1 is 0.828 bits per heavy atom. The number of hydrogen-bond donors (Lipinski definition) is 3. The Morgan fingerprint density at radius 2 is 1.41 bits per heavy atom. The number of aromatic nitrogens is 2. The van der Waals surface area contributed by atoms with Crippen molar-refractivity contribution in [3.8, 4) is 22.4 Å². The Labute approximate surface area is 167 Å². The van der Waals surface area contributed by atoms with Gasteiger partial charge in [0.15, 0.2) is 0 Å². The van der Waals surface area contributed by atoms with Crippen LogP contribution in [-0.4, -0.2) is 15.9 Å². The molecule has 0 amide bonds. The molecule has 0 saturated carbocycles. The zero-order valence-corrected chi connectivity index (χ0v) is 15.5. The highest BCUT2D eigenvalue weighted by molar-refractivity contribution is 5.93. The minimum atomic E-state index is -0.294. The Balaban J connectivity index is 1.53. The van der Waals surface area contributed by atoms with Gasteiger partial charge in [0.25, 0.3) is 5.56 Å². The van der Waals surface area contributed by atoms with Crippen LogP contribution in [-0.2, 0) is 0 Å². The fourth-order valence-corrected chi connectivity index (χ4v) is 2.92. The molecule has 0 bridgehead atoms. The molecule has 1 aromatic heterocycles. The molecule has 0 aliphatic heterocycles. The first kappa shape index (κ1) is 18.2. The molecule has 0 unspecified atom stereocenters. The summed E-state index contributed by atoms with van der Waals surface area (Å²) < 4.78 is 0. The summed E-state index contributed by atoms with van der Waals surface area (Å²) in [6, 6.07) is 28.8. The van der Waals surface area contributed by atoms with Gasteiger partial charge in [0, 0.05) is 17.3 Å². The quantitative estimate of drug-likeness (QED) is 0.365. The van der Waals surface area contributed by atoms with E-state index in [-0.39, 0.29) is 17.5 Å². The van der Waals surface area contributed by atoms with E-state index in [9.17, 15) is 4.79 Å². The molecule has 3 aromatic carbocycles. The fourth-order valence-electron chi connectivity index (χ4n) is 2.92. The van der Waals surface area contributed by atoms with Gasteiger partial charge in [-0.15, -0.1) is 0 Å². The predicted molar refractivity (Wildman–Crippen MR) is 117 cm³/mol. The van der Waals surface area contributed by atoms with Crippen molar-refractivity contribution in [2.45, 2.75) is 0 Å². The van der Waals surface area contributed by atoms with Gasteiger partial charge in [0.05, 0.1) is 5.69 Å². The molecule has 0 radical (unpaired) electrons. The maximum absolute atomic E-state index is 12.0. The Morgan fingerprint density at radius 3 is 2.07 bits per heavy atom. The lowest BCUT2D eigenvalue weighted by atomic mass is 10.1. The van der Waals surface area contributed by atoms with Crippen molar-refractivity contribution in [3.63, 3.8) is 0 Å². The van der Waals surface area contributed by atoms with E-state index in [1.807, 2.05) is 72.8 Å². The van der Waals surface area contributed by atoms with Crippen LogP contribution in [0.25, 0.3) is 22.4 Å². The number of guanidine groups is 1. The molecule has 0 aliphatic rings. The zero-order chi connectivity index (χ0) is 20.1. The minimum absolute atomic E-state index is 0.130. The Kier molecular flexibility index (Phi) is 5.16. The summed E-state index contributed by atoms with van der Waals surface area (Å²) in [7, 11) is 0. The SMILES string of the molecule is N/C(=N\c1nc(-c2ccccc2)cc(=O)[nH]1)Nc1ccc(-c2ccccc2)cc1. The van der Waals surface area contributed by atoms with Crippen LogP contribution in [0.2, 0.25) is 0 Å². The number of H-pyrrole nitrogens is 1. The summed E-state index contributed by atoms with van der Waals surface area (Å²) in [6.45, 7) is 0. The number of nitrogens with two attached hydrogens (primary N) is 1. The molecule has 0 spiro atoms. The molecule has 0 atom stereocenters. The number of benzene rings is 3. The lowest BCUT2D eigenvalue weighted by molar-refractivity contribution is 1.10. The Hall–Kier alpha value is -4.19.